The van der Waals surface area contributed by atoms with Crippen molar-refractivity contribution in [3.05, 3.63) is 70.9 Å². The van der Waals surface area contributed by atoms with Crippen LogP contribution in [0.5, 0.6) is 0 Å². The summed E-state index contributed by atoms with van der Waals surface area (Å²) in [6.07, 6.45) is 3.46. The molecule has 3 aromatic rings. The van der Waals surface area contributed by atoms with Crippen molar-refractivity contribution in [3.63, 3.8) is 0 Å². The Kier molecular flexibility index (Phi) is 4.15. The van der Waals surface area contributed by atoms with Crippen molar-refractivity contribution in [1.29, 1.82) is 0 Å². The Bertz CT molecular complexity index is 1010. The average Bonchev–Trinajstić information content (AvgIpc) is 2.96. The molecule has 0 aliphatic heterocycles. The van der Waals surface area contributed by atoms with Gasteiger partial charge in [0, 0.05) is 11.8 Å². The van der Waals surface area contributed by atoms with Crippen LogP contribution >= 0.6 is 0 Å². The van der Waals surface area contributed by atoms with Crippen LogP contribution in [0, 0.1) is 0 Å². The number of nitrogens with zero attached hydrogens (tertiary/aromatic N) is 1. The summed E-state index contributed by atoms with van der Waals surface area (Å²) in [6, 6.07) is 14.0. The van der Waals surface area contributed by atoms with E-state index in [1.807, 2.05) is 24.3 Å². The van der Waals surface area contributed by atoms with E-state index in [0.717, 1.165) is 12.7 Å². The molecule has 0 aliphatic carbocycles. The Morgan fingerprint density at radius 2 is 1.62 bits per heavy atom. The highest BCUT2D eigenvalue weighted by Gasteiger charge is 2.14. The number of rotatable bonds is 4. The molecular formula is C18H17NO4S. The lowest BCUT2D eigenvalue weighted by atomic mass is 10.1. The Labute approximate surface area is 140 Å². The van der Waals surface area contributed by atoms with E-state index in [9.17, 15) is 13.2 Å². The van der Waals surface area contributed by atoms with E-state index in [1.165, 1.54) is 28.5 Å². The first-order chi connectivity index (χ1) is 11.4. The largest absolute Gasteiger partial charge is 0.424 e. The minimum atomic E-state index is -3.26. The molecule has 1 aromatic heterocycles. The van der Waals surface area contributed by atoms with Gasteiger partial charge >= 0.3 is 5.76 Å². The molecule has 124 valence electrons. The standard InChI is InChI=1S/C18H17NO4S/c1-3-13-4-8-15(9-5-13)19-17(12-23-18(19)20)14-6-10-16(11-7-14)24(2,21)22/h4-12H,3H2,1-2H3. The number of oxazole rings is 1. The molecule has 0 spiro atoms. The molecule has 0 N–H and O–H groups in total. The Morgan fingerprint density at radius 3 is 2.17 bits per heavy atom. The second-order valence-corrected chi connectivity index (χ2v) is 7.55. The molecule has 0 atom stereocenters. The molecule has 0 saturated carbocycles. The highest BCUT2D eigenvalue weighted by atomic mass is 32.2. The number of aromatic nitrogens is 1. The number of hydrogen-bond donors (Lipinski definition) is 0. The second-order valence-electron chi connectivity index (χ2n) is 5.54. The predicted molar refractivity (Wildman–Crippen MR) is 92.2 cm³/mol. The quantitative estimate of drug-likeness (QED) is 0.730. The molecule has 24 heavy (non-hydrogen) atoms. The first kappa shape index (κ1) is 16.3. The van der Waals surface area contributed by atoms with Crippen LogP contribution in [-0.2, 0) is 16.3 Å². The number of benzene rings is 2. The molecule has 0 fully saturated rings. The monoisotopic (exact) mass is 343 g/mol. The van der Waals surface area contributed by atoms with Crippen LogP contribution in [0.25, 0.3) is 16.9 Å². The number of sulfone groups is 1. The summed E-state index contributed by atoms with van der Waals surface area (Å²) in [5.41, 5.74) is 3.15. The highest BCUT2D eigenvalue weighted by molar-refractivity contribution is 7.90. The van der Waals surface area contributed by atoms with Gasteiger partial charge in [-0.25, -0.2) is 17.8 Å². The van der Waals surface area contributed by atoms with Crippen molar-refractivity contribution in [2.75, 3.05) is 6.26 Å². The summed E-state index contributed by atoms with van der Waals surface area (Å²) in [4.78, 5) is 12.3. The maximum Gasteiger partial charge on any atom is 0.424 e. The van der Waals surface area contributed by atoms with Gasteiger partial charge in [0.15, 0.2) is 9.84 Å². The molecule has 1 heterocycles. The van der Waals surface area contributed by atoms with Gasteiger partial charge in [-0.2, -0.15) is 0 Å². The molecule has 6 heteroatoms. The van der Waals surface area contributed by atoms with Gasteiger partial charge in [0.05, 0.1) is 16.3 Å². The summed E-state index contributed by atoms with van der Waals surface area (Å²) in [7, 11) is -3.26. The fourth-order valence-corrected chi connectivity index (χ4v) is 3.14. The van der Waals surface area contributed by atoms with Crippen LogP contribution in [0.2, 0.25) is 0 Å². The molecule has 0 amide bonds. The van der Waals surface area contributed by atoms with E-state index in [2.05, 4.69) is 6.92 Å². The first-order valence-electron chi connectivity index (χ1n) is 7.50. The third-order valence-electron chi connectivity index (χ3n) is 3.88. The Balaban J connectivity index is 2.08. The molecule has 0 bridgehead atoms. The van der Waals surface area contributed by atoms with Gasteiger partial charge in [-0.1, -0.05) is 31.2 Å². The maximum absolute atomic E-state index is 12.1. The van der Waals surface area contributed by atoms with Crippen LogP contribution in [0.4, 0.5) is 0 Å². The van der Waals surface area contributed by atoms with E-state index >= 15 is 0 Å². The normalized spacial score (nSPS) is 11.6. The SMILES string of the molecule is CCc1ccc(-n2c(-c3ccc(S(C)(=O)=O)cc3)coc2=O)cc1. The smallest absolute Gasteiger partial charge is 0.415 e. The van der Waals surface area contributed by atoms with E-state index in [-0.39, 0.29) is 4.90 Å². The molecule has 0 radical (unpaired) electrons. The van der Waals surface area contributed by atoms with Crippen molar-refractivity contribution in [2.24, 2.45) is 0 Å². The second kappa shape index (κ2) is 6.13. The van der Waals surface area contributed by atoms with Crippen molar-refractivity contribution >= 4 is 9.84 Å². The van der Waals surface area contributed by atoms with Crippen LogP contribution in [0.15, 0.2) is 68.9 Å². The maximum atomic E-state index is 12.1. The van der Waals surface area contributed by atoms with Gasteiger partial charge in [0.1, 0.15) is 6.26 Å². The van der Waals surface area contributed by atoms with E-state index in [0.29, 0.717) is 16.9 Å². The first-order valence-corrected chi connectivity index (χ1v) is 9.39. The van der Waals surface area contributed by atoms with Crippen LogP contribution in [0.1, 0.15) is 12.5 Å². The van der Waals surface area contributed by atoms with Gasteiger partial charge in [-0.05, 0) is 36.2 Å². The Hall–Kier alpha value is -2.60. The zero-order chi connectivity index (χ0) is 17.3. The fourth-order valence-electron chi connectivity index (χ4n) is 2.51. The lowest BCUT2D eigenvalue weighted by Crippen LogP contribution is -2.13. The molecule has 0 unspecified atom stereocenters. The van der Waals surface area contributed by atoms with E-state index in [1.54, 1.807) is 12.1 Å². The molecule has 0 aliphatic rings. The Morgan fingerprint density at radius 1 is 1.00 bits per heavy atom. The summed E-state index contributed by atoms with van der Waals surface area (Å²) in [5, 5.41) is 0. The van der Waals surface area contributed by atoms with Gasteiger partial charge in [-0.3, -0.25) is 0 Å². The van der Waals surface area contributed by atoms with Crippen LogP contribution in [-0.4, -0.2) is 19.2 Å². The summed E-state index contributed by atoms with van der Waals surface area (Å²) in [6.45, 7) is 2.06. The van der Waals surface area contributed by atoms with Crippen molar-refractivity contribution in [3.8, 4) is 16.9 Å². The van der Waals surface area contributed by atoms with Gasteiger partial charge in [0.2, 0.25) is 0 Å². The third kappa shape index (κ3) is 3.05. The fraction of sp³-hybridized carbons (Fsp3) is 0.167. The lowest BCUT2D eigenvalue weighted by Gasteiger charge is -2.08. The highest BCUT2D eigenvalue weighted by Crippen LogP contribution is 2.23. The van der Waals surface area contributed by atoms with Crippen molar-refractivity contribution in [2.45, 2.75) is 18.2 Å². The van der Waals surface area contributed by atoms with Crippen molar-refractivity contribution < 1.29 is 12.8 Å². The zero-order valence-electron chi connectivity index (χ0n) is 13.4. The molecule has 0 saturated heterocycles. The summed E-state index contributed by atoms with van der Waals surface area (Å²) < 4.78 is 29.6. The topological polar surface area (TPSA) is 69.3 Å². The minimum absolute atomic E-state index is 0.232. The van der Waals surface area contributed by atoms with Crippen molar-refractivity contribution in [1.82, 2.24) is 4.57 Å². The van der Waals surface area contributed by atoms with Gasteiger partial charge < -0.3 is 4.42 Å². The molecule has 3 rings (SSSR count). The van der Waals surface area contributed by atoms with E-state index < -0.39 is 15.6 Å². The summed E-state index contributed by atoms with van der Waals surface area (Å²) in [5.74, 6) is -0.485. The predicted octanol–water partition coefficient (Wildman–Crippen LogP) is 3.06. The molecule has 5 nitrogen and oxygen atoms in total. The van der Waals surface area contributed by atoms with Gasteiger partial charge in [0.25, 0.3) is 0 Å². The third-order valence-corrected chi connectivity index (χ3v) is 5.00. The lowest BCUT2D eigenvalue weighted by molar-refractivity contribution is 0.504. The number of aryl methyl sites for hydroxylation is 1. The summed E-state index contributed by atoms with van der Waals surface area (Å²) >= 11 is 0. The zero-order valence-corrected chi connectivity index (χ0v) is 14.2. The van der Waals surface area contributed by atoms with E-state index in [4.69, 9.17) is 4.42 Å². The van der Waals surface area contributed by atoms with Crippen LogP contribution in [0.3, 0.4) is 0 Å². The molecular weight excluding hydrogens is 326 g/mol. The molecule has 2 aromatic carbocycles. The minimum Gasteiger partial charge on any atom is -0.415 e. The van der Waals surface area contributed by atoms with Gasteiger partial charge in [-0.15, -0.1) is 0 Å². The average molecular weight is 343 g/mol. The number of hydrogen-bond acceptors (Lipinski definition) is 4. The van der Waals surface area contributed by atoms with Crippen LogP contribution < -0.4 is 5.76 Å².